The van der Waals surface area contributed by atoms with Crippen molar-refractivity contribution >= 4 is 11.7 Å². The summed E-state index contributed by atoms with van der Waals surface area (Å²) in [6.45, 7) is 1.94. The number of nitrogens with zero attached hydrogens (tertiary/aromatic N) is 1. The Morgan fingerprint density at radius 2 is 1.82 bits per heavy atom. The van der Waals surface area contributed by atoms with E-state index in [0.29, 0.717) is 17.3 Å². The summed E-state index contributed by atoms with van der Waals surface area (Å²) in [6.07, 6.45) is 8.25. The quantitative estimate of drug-likeness (QED) is 0.892. The number of anilines is 1. The normalized spacial score (nSPS) is 15.5. The highest BCUT2D eigenvalue weighted by molar-refractivity contribution is 6.04. The van der Waals surface area contributed by atoms with Gasteiger partial charge in [0.15, 0.2) is 0 Å². The molecule has 0 spiro atoms. The molecule has 1 fully saturated rings. The van der Waals surface area contributed by atoms with Crippen molar-refractivity contribution in [1.29, 1.82) is 0 Å². The summed E-state index contributed by atoms with van der Waals surface area (Å²) in [6, 6.07) is 11.9. The number of carbonyl (C=O) groups excluding carboxylic acids is 1. The maximum atomic E-state index is 12.3. The molecule has 0 radical (unpaired) electrons. The van der Waals surface area contributed by atoms with Crippen LogP contribution in [0.25, 0.3) is 0 Å². The van der Waals surface area contributed by atoms with Crippen LogP contribution in [0.2, 0.25) is 0 Å². The Labute approximate surface area is 131 Å². The van der Waals surface area contributed by atoms with Crippen LogP contribution < -0.4 is 5.32 Å². The van der Waals surface area contributed by atoms with E-state index in [1.54, 1.807) is 6.20 Å². The second kappa shape index (κ2) is 6.73. The molecule has 0 unspecified atom stereocenters. The molecule has 3 heteroatoms. The van der Waals surface area contributed by atoms with Gasteiger partial charge in [-0.25, -0.2) is 4.98 Å². The van der Waals surface area contributed by atoms with E-state index in [9.17, 15) is 4.79 Å². The van der Waals surface area contributed by atoms with E-state index >= 15 is 0 Å². The molecular weight excluding hydrogens is 272 g/mol. The minimum Gasteiger partial charge on any atom is -0.306 e. The van der Waals surface area contributed by atoms with Crippen LogP contribution in [0.4, 0.5) is 5.82 Å². The minimum atomic E-state index is -0.100. The van der Waals surface area contributed by atoms with Crippen LogP contribution in [0.15, 0.2) is 42.6 Å². The van der Waals surface area contributed by atoms with Crippen molar-refractivity contribution in [3.05, 3.63) is 59.3 Å². The molecule has 1 aliphatic carbocycles. The predicted octanol–water partition coefficient (Wildman–Crippen LogP) is 4.69. The number of aromatic nitrogens is 1. The molecule has 0 saturated heterocycles. The number of hydrogen-bond donors (Lipinski definition) is 1. The van der Waals surface area contributed by atoms with E-state index in [-0.39, 0.29) is 5.91 Å². The van der Waals surface area contributed by atoms with Gasteiger partial charge in [-0.3, -0.25) is 4.79 Å². The van der Waals surface area contributed by atoms with Crippen molar-refractivity contribution in [3.8, 4) is 0 Å². The van der Waals surface area contributed by atoms with Gasteiger partial charge in [-0.1, -0.05) is 37.5 Å². The lowest BCUT2D eigenvalue weighted by Gasteiger charge is -2.22. The van der Waals surface area contributed by atoms with Gasteiger partial charge in [0.2, 0.25) is 0 Å². The highest BCUT2D eigenvalue weighted by Crippen LogP contribution is 2.32. The first-order valence-electron chi connectivity index (χ1n) is 8.07. The Hall–Kier alpha value is -2.16. The van der Waals surface area contributed by atoms with E-state index in [0.717, 1.165) is 5.56 Å². The highest BCUT2D eigenvalue weighted by atomic mass is 16.1. The summed E-state index contributed by atoms with van der Waals surface area (Å²) in [5, 5.41) is 2.88. The lowest BCUT2D eigenvalue weighted by Crippen LogP contribution is -2.14. The molecule has 1 heterocycles. The van der Waals surface area contributed by atoms with Crippen LogP contribution in [-0.2, 0) is 0 Å². The molecule has 3 nitrogen and oxygen atoms in total. The van der Waals surface area contributed by atoms with Crippen molar-refractivity contribution in [2.45, 2.75) is 44.9 Å². The number of carbonyl (C=O) groups is 1. The van der Waals surface area contributed by atoms with Crippen molar-refractivity contribution in [1.82, 2.24) is 4.98 Å². The van der Waals surface area contributed by atoms with Gasteiger partial charge in [0.25, 0.3) is 5.91 Å². The van der Waals surface area contributed by atoms with Crippen molar-refractivity contribution in [2.24, 2.45) is 0 Å². The standard InChI is InChI=1S/C19H22N2O/c1-14-6-5-13-20-18(14)21-19(22)17-11-9-16(10-12-17)15-7-3-2-4-8-15/h5-6,9-13,15H,2-4,7-8H2,1H3,(H,20,21,22). The average Bonchev–Trinajstić information content (AvgIpc) is 2.58. The third-order valence-corrected chi connectivity index (χ3v) is 4.49. The van der Waals surface area contributed by atoms with Gasteiger partial charge < -0.3 is 5.32 Å². The Morgan fingerprint density at radius 3 is 2.50 bits per heavy atom. The summed E-state index contributed by atoms with van der Waals surface area (Å²) in [7, 11) is 0. The summed E-state index contributed by atoms with van der Waals surface area (Å²) in [4.78, 5) is 16.5. The van der Waals surface area contributed by atoms with Crippen molar-refractivity contribution in [2.75, 3.05) is 5.32 Å². The van der Waals surface area contributed by atoms with Crippen LogP contribution in [0.1, 0.15) is 59.5 Å². The third kappa shape index (κ3) is 3.35. The van der Waals surface area contributed by atoms with Crippen LogP contribution in [-0.4, -0.2) is 10.9 Å². The number of hydrogen-bond acceptors (Lipinski definition) is 2. The second-order valence-corrected chi connectivity index (χ2v) is 6.08. The number of aryl methyl sites for hydroxylation is 1. The molecule has 1 aromatic carbocycles. The molecule has 0 aliphatic heterocycles. The van der Waals surface area contributed by atoms with Crippen molar-refractivity contribution < 1.29 is 4.79 Å². The molecule has 2 aromatic rings. The molecule has 114 valence electrons. The van der Waals surface area contributed by atoms with Gasteiger partial charge in [-0.2, -0.15) is 0 Å². The van der Waals surface area contributed by atoms with Crippen LogP contribution in [0.3, 0.4) is 0 Å². The summed E-state index contributed by atoms with van der Waals surface area (Å²) < 4.78 is 0. The Balaban J connectivity index is 1.69. The highest BCUT2D eigenvalue weighted by Gasteiger charge is 2.16. The molecule has 0 atom stereocenters. The number of benzene rings is 1. The van der Waals surface area contributed by atoms with Crippen molar-refractivity contribution in [3.63, 3.8) is 0 Å². The molecule has 0 bridgehead atoms. The van der Waals surface area contributed by atoms with Crippen LogP contribution in [0.5, 0.6) is 0 Å². The van der Waals surface area contributed by atoms with Crippen LogP contribution in [0, 0.1) is 6.92 Å². The number of pyridine rings is 1. The predicted molar refractivity (Wildman–Crippen MR) is 89.2 cm³/mol. The third-order valence-electron chi connectivity index (χ3n) is 4.49. The largest absolute Gasteiger partial charge is 0.306 e. The fourth-order valence-corrected chi connectivity index (χ4v) is 3.14. The zero-order chi connectivity index (χ0) is 15.4. The van der Waals surface area contributed by atoms with Gasteiger partial charge in [0.1, 0.15) is 5.82 Å². The molecule has 1 aliphatic rings. The maximum absolute atomic E-state index is 12.3. The number of rotatable bonds is 3. The number of nitrogens with one attached hydrogen (secondary N) is 1. The molecule has 22 heavy (non-hydrogen) atoms. The van der Waals surface area contributed by atoms with Gasteiger partial charge >= 0.3 is 0 Å². The van der Waals surface area contributed by atoms with Crippen LogP contribution >= 0.6 is 0 Å². The summed E-state index contributed by atoms with van der Waals surface area (Å²) >= 11 is 0. The lowest BCUT2D eigenvalue weighted by atomic mass is 9.84. The lowest BCUT2D eigenvalue weighted by molar-refractivity contribution is 0.102. The monoisotopic (exact) mass is 294 g/mol. The smallest absolute Gasteiger partial charge is 0.256 e. The fourth-order valence-electron chi connectivity index (χ4n) is 3.14. The van der Waals surface area contributed by atoms with E-state index in [1.807, 2.05) is 31.2 Å². The zero-order valence-corrected chi connectivity index (χ0v) is 13.0. The van der Waals surface area contributed by atoms with E-state index in [2.05, 4.69) is 22.4 Å². The molecular formula is C19H22N2O. The minimum absolute atomic E-state index is 0.100. The van der Waals surface area contributed by atoms with E-state index in [4.69, 9.17) is 0 Å². The van der Waals surface area contributed by atoms with Gasteiger partial charge in [0.05, 0.1) is 0 Å². The second-order valence-electron chi connectivity index (χ2n) is 6.08. The van der Waals surface area contributed by atoms with Gasteiger partial charge in [-0.15, -0.1) is 0 Å². The van der Waals surface area contributed by atoms with Gasteiger partial charge in [-0.05, 0) is 55.0 Å². The Morgan fingerprint density at radius 1 is 1.09 bits per heavy atom. The molecule has 1 amide bonds. The first-order chi connectivity index (χ1) is 10.7. The molecule has 1 aromatic heterocycles. The van der Waals surface area contributed by atoms with Gasteiger partial charge in [0, 0.05) is 11.8 Å². The Bertz CT molecular complexity index is 643. The zero-order valence-electron chi connectivity index (χ0n) is 13.0. The first-order valence-corrected chi connectivity index (χ1v) is 8.07. The summed E-state index contributed by atoms with van der Waals surface area (Å²) in [5.74, 6) is 1.20. The maximum Gasteiger partial charge on any atom is 0.256 e. The molecule has 1 saturated carbocycles. The first kappa shape index (κ1) is 14.8. The molecule has 3 rings (SSSR count). The van der Waals surface area contributed by atoms with E-state index < -0.39 is 0 Å². The topological polar surface area (TPSA) is 42.0 Å². The Kier molecular flexibility index (Phi) is 4.52. The SMILES string of the molecule is Cc1cccnc1NC(=O)c1ccc(C2CCCCC2)cc1. The molecule has 1 N–H and O–H groups in total. The fraction of sp³-hybridized carbons (Fsp3) is 0.368. The van der Waals surface area contributed by atoms with E-state index in [1.165, 1.54) is 37.7 Å². The number of amides is 1. The average molecular weight is 294 g/mol. The summed E-state index contributed by atoms with van der Waals surface area (Å²) in [5.41, 5.74) is 3.02.